The van der Waals surface area contributed by atoms with E-state index in [9.17, 15) is 4.79 Å². The van der Waals surface area contributed by atoms with Crippen molar-refractivity contribution in [3.8, 4) is 0 Å². The van der Waals surface area contributed by atoms with Crippen LogP contribution in [0.4, 0.5) is 0 Å². The topological polar surface area (TPSA) is 58.4 Å². The molecule has 4 heteroatoms. The number of nitrogens with two attached hydrogens (primary N) is 1. The van der Waals surface area contributed by atoms with Crippen molar-refractivity contribution in [1.29, 1.82) is 0 Å². The smallest absolute Gasteiger partial charge is 0.216 e. The molecule has 1 aliphatic rings. The average Bonchev–Trinajstić information content (AvgIpc) is 2.34. The van der Waals surface area contributed by atoms with Crippen molar-refractivity contribution in [2.45, 2.75) is 45.6 Å². The van der Waals surface area contributed by atoms with Crippen molar-refractivity contribution in [2.24, 2.45) is 11.7 Å². The normalized spacial score (nSPS) is 20.2. The predicted molar refractivity (Wildman–Crippen MR) is 70.7 cm³/mol. The predicted octanol–water partition coefficient (Wildman–Crippen LogP) is 0.962. The second kappa shape index (κ2) is 7.67. The molecule has 1 saturated heterocycles. The minimum Gasteiger partial charge on any atom is -0.356 e. The molecule has 0 radical (unpaired) electrons. The summed E-state index contributed by atoms with van der Waals surface area (Å²) < 4.78 is 0. The molecule has 1 atom stereocenters. The number of likely N-dealkylation sites (tertiary alicyclic amines) is 1. The quantitative estimate of drug-likeness (QED) is 0.728. The molecule has 0 saturated carbocycles. The molecule has 0 spiro atoms. The number of amides is 1. The van der Waals surface area contributed by atoms with Gasteiger partial charge in [0.15, 0.2) is 0 Å². The standard InChI is InChI=1S/C13H27N3O/c1-3-13(4-7-14)16-8-5-12(6-9-16)10-15-11(2)17/h12-13H,3-10,14H2,1-2H3,(H,15,17). The second-order valence-corrected chi connectivity index (χ2v) is 5.06. The van der Waals surface area contributed by atoms with Crippen LogP contribution in [-0.4, -0.2) is 43.0 Å². The first kappa shape index (κ1) is 14.5. The highest BCUT2D eigenvalue weighted by molar-refractivity contribution is 5.72. The molecular formula is C13H27N3O. The Labute approximate surface area is 105 Å². The van der Waals surface area contributed by atoms with Gasteiger partial charge in [-0.25, -0.2) is 0 Å². The number of carbonyl (C=O) groups is 1. The maximum atomic E-state index is 10.9. The Bertz CT molecular complexity index is 225. The molecule has 4 nitrogen and oxygen atoms in total. The third-order valence-corrected chi connectivity index (χ3v) is 3.78. The van der Waals surface area contributed by atoms with Crippen LogP contribution in [0.5, 0.6) is 0 Å². The van der Waals surface area contributed by atoms with Gasteiger partial charge >= 0.3 is 0 Å². The Morgan fingerprint density at radius 2 is 2.12 bits per heavy atom. The molecule has 3 N–H and O–H groups in total. The summed E-state index contributed by atoms with van der Waals surface area (Å²) in [5.41, 5.74) is 5.65. The van der Waals surface area contributed by atoms with E-state index < -0.39 is 0 Å². The summed E-state index contributed by atoms with van der Waals surface area (Å²) in [5, 5.41) is 2.92. The van der Waals surface area contributed by atoms with Crippen molar-refractivity contribution in [3.05, 3.63) is 0 Å². The third-order valence-electron chi connectivity index (χ3n) is 3.78. The largest absolute Gasteiger partial charge is 0.356 e. The summed E-state index contributed by atoms with van der Waals surface area (Å²) in [7, 11) is 0. The van der Waals surface area contributed by atoms with Gasteiger partial charge in [-0.1, -0.05) is 6.92 Å². The highest BCUT2D eigenvalue weighted by Crippen LogP contribution is 2.20. The highest BCUT2D eigenvalue weighted by Gasteiger charge is 2.23. The van der Waals surface area contributed by atoms with Crippen LogP contribution < -0.4 is 11.1 Å². The lowest BCUT2D eigenvalue weighted by Gasteiger charge is -2.37. The van der Waals surface area contributed by atoms with Gasteiger partial charge in [-0.15, -0.1) is 0 Å². The number of hydrogen-bond donors (Lipinski definition) is 2. The Morgan fingerprint density at radius 3 is 2.59 bits per heavy atom. The summed E-state index contributed by atoms with van der Waals surface area (Å²) in [6.45, 7) is 7.76. The van der Waals surface area contributed by atoms with Gasteiger partial charge in [0.1, 0.15) is 0 Å². The van der Waals surface area contributed by atoms with Crippen LogP contribution in [0.1, 0.15) is 39.5 Å². The number of hydrogen-bond acceptors (Lipinski definition) is 3. The first-order valence-corrected chi connectivity index (χ1v) is 6.85. The van der Waals surface area contributed by atoms with Gasteiger partial charge in [0.25, 0.3) is 0 Å². The maximum absolute atomic E-state index is 10.9. The first-order chi connectivity index (χ1) is 8.17. The first-order valence-electron chi connectivity index (χ1n) is 6.85. The summed E-state index contributed by atoms with van der Waals surface area (Å²) in [6, 6.07) is 0.654. The Balaban J connectivity index is 2.26. The average molecular weight is 241 g/mol. The fourth-order valence-corrected chi connectivity index (χ4v) is 2.65. The molecule has 100 valence electrons. The van der Waals surface area contributed by atoms with E-state index in [0.29, 0.717) is 12.0 Å². The van der Waals surface area contributed by atoms with Crippen LogP contribution in [-0.2, 0) is 4.79 Å². The number of nitrogens with zero attached hydrogens (tertiary/aromatic N) is 1. The minimum atomic E-state index is 0.0852. The van der Waals surface area contributed by atoms with Gasteiger partial charge in [0.05, 0.1) is 0 Å². The van der Waals surface area contributed by atoms with E-state index >= 15 is 0 Å². The van der Waals surface area contributed by atoms with Gasteiger partial charge < -0.3 is 16.0 Å². The van der Waals surface area contributed by atoms with E-state index in [1.807, 2.05) is 0 Å². The van der Waals surface area contributed by atoms with Gasteiger partial charge in [0.2, 0.25) is 5.91 Å². The van der Waals surface area contributed by atoms with E-state index in [-0.39, 0.29) is 5.91 Å². The van der Waals surface area contributed by atoms with Crippen LogP contribution in [0.15, 0.2) is 0 Å². The summed E-state index contributed by atoms with van der Waals surface area (Å²) in [4.78, 5) is 13.4. The summed E-state index contributed by atoms with van der Waals surface area (Å²) in [6.07, 6.45) is 4.68. The zero-order valence-corrected chi connectivity index (χ0v) is 11.2. The molecule has 1 heterocycles. The van der Waals surface area contributed by atoms with Crippen LogP contribution >= 0.6 is 0 Å². The molecular weight excluding hydrogens is 214 g/mol. The van der Waals surface area contributed by atoms with E-state index in [4.69, 9.17) is 5.73 Å². The molecule has 0 aromatic carbocycles. The Morgan fingerprint density at radius 1 is 1.47 bits per heavy atom. The van der Waals surface area contributed by atoms with E-state index in [2.05, 4.69) is 17.1 Å². The van der Waals surface area contributed by atoms with Crippen molar-refractivity contribution >= 4 is 5.91 Å². The lowest BCUT2D eigenvalue weighted by atomic mass is 9.94. The maximum Gasteiger partial charge on any atom is 0.216 e. The van der Waals surface area contributed by atoms with Crippen molar-refractivity contribution in [2.75, 3.05) is 26.2 Å². The lowest BCUT2D eigenvalue weighted by molar-refractivity contribution is -0.119. The summed E-state index contributed by atoms with van der Waals surface area (Å²) in [5.74, 6) is 0.743. The molecule has 17 heavy (non-hydrogen) atoms. The monoisotopic (exact) mass is 241 g/mol. The van der Waals surface area contributed by atoms with Gasteiger partial charge in [-0.2, -0.15) is 0 Å². The fourth-order valence-electron chi connectivity index (χ4n) is 2.65. The van der Waals surface area contributed by atoms with Gasteiger partial charge in [-0.05, 0) is 51.2 Å². The number of piperidine rings is 1. The zero-order chi connectivity index (χ0) is 12.7. The molecule has 1 amide bonds. The number of carbonyl (C=O) groups excluding carboxylic acids is 1. The van der Waals surface area contributed by atoms with Crippen LogP contribution in [0.25, 0.3) is 0 Å². The van der Waals surface area contributed by atoms with Crippen molar-refractivity contribution in [1.82, 2.24) is 10.2 Å². The molecule has 1 rings (SSSR count). The Kier molecular flexibility index (Phi) is 6.52. The Hall–Kier alpha value is -0.610. The molecule has 0 bridgehead atoms. The number of nitrogens with one attached hydrogen (secondary N) is 1. The molecule has 1 fully saturated rings. The van der Waals surface area contributed by atoms with Crippen molar-refractivity contribution < 1.29 is 4.79 Å². The third kappa shape index (κ3) is 5.04. The van der Waals surface area contributed by atoms with Gasteiger partial charge in [0, 0.05) is 19.5 Å². The minimum absolute atomic E-state index is 0.0852. The van der Waals surface area contributed by atoms with Crippen LogP contribution in [0.3, 0.4) is 0 Å². The summed E-state index contributed by atoms with van der Waals surface area (Å²) >= 11 is 0. The van der Waals surface area contributed by atoms with E-state index in [0.717, 1.165) is 32.6 Å². The molecule has 1 aliphatic heterocycles. The molecule has 0 aromatic heterocycles. The molecule has 1 unspecified atom stereocenters. The molecule has 0 aliphatic carbocycles. The fraction of sp³-hybridized carbons (Fsp3) is 0.923. The zero-order valence-electron chi connectivity index (χ0n) is 11.2. The SMILES string of the molecule is CCC(CCN)N1CCC(CNC(C)=O)CC1. The van der Waals surface area contributed by atoms with Crippen molar-refractivity contribution in [3.63, 3.8) is 0 Å². The van der Waals surface area contributed by atoms with E-state index in [1.54, 1.807) is 6.92 Å². The van der Waals surface area contributed by atoms with E-state index in [1.165, 1.54) is 19.3 Å². The highest BCUT2D eigenvalue weighted by atomic mass is 16.1. The van der Waals surface area contributed by atoms with Crippen LogP contribution in [0, 0.1) is 5.92 Å². The lowest BCUT2D eigenvalue weighted by Crippen LogP contribution is -2.44. The number of rotatable bonds is 6. The second-order valence-electron chi connectivity index (χ2n) is 5.06. The van der Waals surface area contributed by atoms with Gasteiger partial charge in [-0.3, -0.25) is 4.79 Å². The van der Waals surface area contributed by atoms with Crippen LogP contribution in [0.2, 0.25) is 0 Å². The molecule has 0 aromatic rings.